The van der Waals surface area contributed by atoms with Gasteiger partial charge in [0.2, 0.25) is 5.09 Å². The smallest absolute Gasteiger partial charge is 0.273 e. The second-order valence-electron chi connectivity index (χ2n) is 4.96. The Morgan fingerprint density at radius 3 is 2.75 bits per heavy atom. The molecule has 0 aliphatic heterocycles. The van der Waals surface area contributed by atoms with Crippen LogP contribution >= 0.6 is 0 Å². The van der Waals surface area contributed by atoms with E-state index in [0.717, 1.165) is 25.7 Å². The Morgan fingerprint density at radius 1 is 1.40 bits per heavy atom. The van der Waals surface area contributed by atoms with Gasteiger partial charge in [-0.05, 0) is 38.6 Å². The highest BCUT2D eigenvalue weighted by Gasteiger charge is 2.27. The van der Waals surface area contributed by atoms with Gasteiger partial charge >= 0.3 is 0 Å². The standard InChI is InChI=1S/C13H23N3O3S/c1-3-16(11-4-5-11)9-8-15-10-12-6-7-13(19-12)20(17,18)14-2/h6-7,11,14-15H,3-5,8-10H2,1-2H3. The summed E-state index contributed by atoms with van der Waals surface area (Å²) in [6.07, 6.45) is 2.63. The molecule has 1 saturated carbocycles. The second-order valence-corrected chi connectivity index (χ2v) is 6.78. The van der Waals surface area contributed by atoms with E-state index in [1.807, 2.05) is 0 Å². The Kier molecular flexibility index (Phi) is 5.20. The maximum absolute atomic E-state index is 11.5. The number of nitrogens with zero attached hydrogens (tertiary/aromatic N) is 1. The van der Waals surface area contributed by atoms with Crippen LogP contribution in [-0.4, -0.2) is 46.0 Å². The van der Waals surface area contributed by atoms with E-state index >= 15 is 0 Å². The van der Waals surface area contributed by atoms with E-state index in [2.05, 4.69) is 21.9 Å². The van der Waals surface area contributed by atoms with Crippen LogP contribution in [-0.2, 0) is 16.6 Å². The molecular formula is C13H23N3O3S. The molecule has 2 rings (SSSR count). The average molecular weight is 301 g/mol. The highest BCUT2D eigenvalue weighted by Crippen LogP contribution is 2.25. The van der Waals surface area contributed by atoms with E-state index in [1.54, 1.807) is 6.07 Å². The monoisotopic (exact) mass is 301 g/mol. The summed E-state index contributed by atoms with van der Waals surface area (Å²) in [7, 11) is -2.11. The van der Waals surface area contributed by atoms with Crippen molar-refractivity contribution >= 4 is 10.0 Å². The first-order valence-electron chi connectivity index (χ1n) is 7.04. The molecule has 0 radical (unpaired) electrons. The maximum atomic E-state index is 11.5. The van der Waals surface area contributed by atoms with Gasteiger partial charge in [0.15, 0.2) is 0 Å². The molecule has 0 bridgehead atoms. The zero-order valence-electron chi connectivity index (χ0n) is 12.1. The first-order valence-corrected chi connectivity index (χ1v) is 8.52. The van der Waals surface area contributed by atoms with Crippen molar-refractivity contribution in [1.29, 1.82) is 0 Å². The zero-order chi connectivity index (χ0) is 14.6. The molecule has 0 saturated heterocycles. The van der Waals surface area contributed by atoms with Gasteiger partial charge in [0.25, 0.3) is 10.0 Å². The van der Waals surface area contributed by atoms with Crippen LogP contribution < -0.4 is 10.0 Å². The van der Waals surface area contributed by atoms with E-state index in [1.165, 1.54) is 26.0 Å². The fourth-order valence-electron chi connectivity index (χ4n) is 2.17. The summed E-state index contributed by atoms with van der Waals surface area (Å²) in [6, 6.07) is 3.94. The number of sulfonamides is 1. The summed E-state index contributed by atoms with van der Waals surface area (Å²) in [4.78, 5) is 2.46. The molecule has 0 unspecified atom stereocenters. The van der Waals surface area contributed by atoms with Gasteiger partial charge in [-0.25, -0.2) is 13.1 Å². The molecule has 20 heavy (non-hydrogen) atoms. The normalized spacial score (nSPS) is 15.9. The van der Waals surface area contributed by atoms with Crippen LogP contribution in [0.25, 0.3) is 0 Å². The Bertz CT molecular complexity index is 523. The Balaban J connectivity index is 1.74. The van der Waals surface area contributed by atoms with Crippen molar-refractivity contribution in [2.75, 3.05) is 26.7 Å². The lowest BCUT2D eigenvalue weighted by molar-refractivity contribution is 0.275. The molecule has 0 aromatic carbocycles. The molecule has 1 aromatic heterocycles. The van der Waals surface area contributed by atoms with E-state index < -0.39 is 10.0 Å². The van der Waals surface area contributed by atoms with Crippen LogP contribution in [0.1, 0.15) is 25.5 Å². The van der Waals surface area contributed by atoms with Crippen molar-refractivity contribution in [2.24, 2.45) is 0 Å². The van der Waals surface area contributed by atoms with Crippen LogP contribution in [0.15, 0.2) is 21.6 Å². The third-order valence-electron chi connectivity index (χ3n) is 3.52. The van der Waals surface area contributed by atoms with Gasteiger partial charge in [0.1, 0.15) is 5.76 Å². The van der Waals surface area contributed by atoms with Crippen molar-refractivity contribution in [1.82, 2.24) is 14.9 Å². The predicted molar refractivity (Wildman–Crippen MR) is 76.9 cm³/mol. The lowest BCUT2D eigenvalue weighted by atomic mass is 10.4. The van der Waals surface area contributed by atoms with Crippen molar-refractivity contribution < 1.29 is 12.8 Å². The molecule has 2 N–H and O–H groups in total. The molecule has 7 heteroatoms. The van der Waals surface area contributed by atoms with Crippen LogP contribution in [0.3, 0.4) is 0 Å². The number of rotatable bonds is 9. The topological polar surface area (TPSA) is 74.6 Å². The number of nitrogens with one attached hydrogen (secondary N) is 2. The molecule has 6 nitrogen and oxygen atoms in total. The van der Waals surface area contributed by atoms with Gasteiger partial charge in [-0.3, -0.25) is 4.90 Å². The van der Waals surface area contributed by atoms with Gasteiger partial charge in [0.05, 0.1) is 6.54 Å². The third-order valence-corrected chi connectivity index (χ3v) is 4.80. The van der Waals surface area contributed by atoms with Crippen molar-refractivity contribution in [3.63, 3.8) is 0 Å². The van der Waals surface area contributed by atoms with Crippen molar-refractivity contribution in [3.8, 4) is 0 Å². The highest BCUT2D eigenvalue weighted by molar-refractivity contribution is 7.89. The van der Waals surface area contributed by atoms with Crippen LogP contribution in [0.4, 0.5) is 0 Å². The lowest BCUT2D eigenvalue weighted by Crippen LogP contribution is -2.33. The quantitative estimate of drug-likeness (QED) is 0.659. The summed E-state index contributed by atoms with van der Waals surface area (Å²) >= 11 is 0. The number of hydrogen-bond acceptors (Lipinski definition) is 5. The summed E-state index contributed by atoms with van der Waals surface area (Å²) in [5.41, 5.74) is 0. The number of furan rings is 1. The summed E-state index contributed by atoms with van der Waals surface area (Å²) in [5, 5.41) is 3.24. The molecule has 1 aliphatic rings. The predicted octanol–water partition coefficient (Wildman–Crippen LogP) is 0.762. The molecule has 0 amide bonds. The van der Waals surface area contributed by atoms with Crippen molar-refractivity contribution in [2.45, 2.75) is 37.4 Å². The Morgan fingerprint density at radius 2 is 2.15 bits per heavy atom. The maximum Gasteiger partial charge on any atom is 0.273 e. The summed E-state index contributed by atoms with van der Waals surface area (Å²) in [6.45, 7) is 5.70. The highest BCUT2D eigenvalue weighted by atomic mass is 32.2. The fraction of sp³-hybridized carbons (Fsp3) is 0.692. The number of hydrogen-bond donors (Lipinski definition) is 2. The molecule has 1 aromatic rings. The third kappa shape index (κ3) is 4.05. The summed E-state index contributed by atoms with van der Waals surface area (Å²) < 4.78 is 30.6. The zero-order valence-corrected chi connectivity index (χ0v) is 12.9. The molecule has 1 heterocycles. The van der Waals surface area contributed by atoms with Crippen LogP contribution in [0.5, 0.6) is 0 Å². The lowest BCUT2D eigenvalue weighted by Gasteiger charge is -2.19. The largest absolute Gasteiger partial charge is 0.447 e. The molecule has 1 fully saturated rings. The van der Waals surface area contributed by atoms with Gasteiger partial charge in [-0.2, -0.15) is 0 Å². The molecular weight excluding hydrogens is 278 g/mol. The van der Waals surface area contributed by atoms with Gasteiger partial charge in [-0.1, -0.05) is 6.92 Å². The Hall–Kier alpha value is -0.890. The number of likely N-dealkylation sites (N-methyl/N-ethyl adjacent to an activating group) is 1. The molecule has 0 spiro atoms. The van der Waals surface area contributed by atoms with E-state index in [-0.39, 0.29) is 5.09 Å². The van der Waals surface area contributed by atoms with E-state index in [0.29, 0.717) is 12.3 Å². The minimum atomic E-state index is -3.48. The van der Waals surface area contributed by atoms with Gasteiger partial charge < -0.3 is 9.73 Å². The van der Waals surface area contributed by atoms with Crippen LogP contribution in [0.2, 0.25) is 0 Å². The van der Waals surface area contributed by atoms with E-state index in [9.17, 15) is 8.42 Å². The van der Waals surface area contributed by atoms with Gasteiger partial charge in [0, 0.05) is 19.1 Å². The van der Waals surface area contributed by atoms with Crippen molar-refractivity contribution in [3.05, 3.63) is 17.9 Å². The van der Waals surface area contributed by atoms with Crippen LogP contribution in [0, 0.1) is 0 Å². The fourth-order valence-corrected chi connectivity index (χ4v) is 2.84. The Labute approximate surface area is 120 Å². The average Bonchev–Trinajstić information content (AvgIpc) is 3.16. The SMILES string of the molecule is CCN(CCNCc1ccc(S(=O)(=O)NC)o1)C1CC1. The molecule has 0 atom stereocenters. The minimum absolute atomic E-state index is 0.0371. The second kappa shape index (κ2) is 6.71. The van der Waals surface area contributed by atoms with Gasteiger partial charge in [-0.15, -0.1) is 0 Å². The first kappa shape index (κ1) is 15.5. The minimum Gasteiger partial charge on any atom is -0.447 e. The summed E-state index contributed by atoms with van der Waals surface area (Å²) in [5.74, 6) is 0.633. The molecule has 1 aliphatic carbocycles. The first-order chi connectivity index (χ1) is 9.56. The van der Waals surface area contributed by atoms with E-state index in [4.69, 9.17) is 4.42 Å². The molecule has 114 valence electrons.